The van der Waals surface area contributed by atoms with E-state index in [2.05, 4.69) is 66.9 Å². The van der Waals surface area contributed by atoms with Gasteiger partial charge < -0.3 is 25.8 Å². The van der Waals surface area contributed by atoms with Crippen molar-refractivity contribution in [3.05, 3.63) is 139 Å². The van der Waals surface area contributed by atoms with E-state index in [1.54, 1.807) is 31.2 Å². The fourth-order valence-electron chi connectivity index (χ4n) is 9.59. The minimum atomic E-state index is -0.948. The van der Waals surface area contributed by atoms with Gasteiger partial charge in [0.25, 0.3) is 11.8 Å². The van der Waals surface area contributed by atoms with Gasteiger partial charge in [0.2, 0.25) is 0 Å². The largest absolute Gasteiger partial charge is 0.481 e. The molecule has 1 aromatic heterocycles. The maximum absolute atomic E-state index is 12.3. The number of benzene rings is 1. The second-order valence-corrected chi connectivity index (χ2v) is 19.3. The van der Waals surface area contributed by atoms with Gasteiger partial charge in [0.05, 0.1) is 28.2 Å². The van der Waals surface area contributed by atoms with Gasteiger partial charge in [-0.2, -0.15) is 10.5 Å². The number of H-pyrrole nitrogens is 1. The zero-order valence-electron chi connectivity index (χ0n) is 44.8. The van der Waals surface area contributed by atoms with Gasteiger partial charge >= 0.3 is 11.9 Å². The lowest BCUT2D eigenvalue weighted by atomic mass is 9.91. The molecule has 74 heavy (non-hydrogen) atoms. The molecule has 0 aliphatic carbocycles. The molecule has 0 fully saturated rings. The average Bonchev–Trinajstić information content (AvgIpc) is 4.02. The quantitative estimate of drug-likeness (QED) is 0.0494. The molecular formula is C61H79ClN6O6. The monoisotopic (exact) mass is 1030 g/mol. The van der Waals surface area contributed by atoms with Crippen molar-refractivity contribution in [2.24, 2.45) is 4.99 Å². The first-order valence-corrected chi connectivity index (χ1v) is 26.5. The summed E-state index contributed by atoms with van der Waals surface area (Å²) in [5.74, 6) is -2.36. The number of nitrogens with one attached hydrogen (secondary N) is 3. The number of unbranched alkanes of at least 4 members (excludes halogenated alkanes) is 14. The molecule has 0 spiro atoms. The zero-order valence-corrected chi connectivity index (χ0v) is 45.6. The first-order chi connectivity index (χ1) is 35.1. The highest BCUT2D eigenvalue weighted by Crippen LogP contribution is 2.35. The van der Waals surface area contributed by atoms with E-state index in [4.69, 9.17) is 4.99 Å². The van der Waals surface area contributed by atoms with E-state index in [0.717, 1.165) is 64.7 Å². The molecule has 0 unspecified atom stereocenters. The molecule has 0 atom stereocenters. The van der Waals surface area contributed by atoms with E-state index in [-0.39, 0.29) is 49.9 Å². The third kappa shape index (κ3) is 17.4. The number of carboxylic acid groups (broad SMARTS) is 2. The molecule has 2 amide bonds. The molecule has 5 N–H and O–H groups in total. The van der Waals surface area contributed by atoms with Crippen LogP contribution in [0.5, 0.6) is 0 Å². The maximum atomic E-state index is 12.3. The summed E-state index contributed by atoms with van der Waals surface area (Å²) in [5.41, 5.74) is 12.5. The van der Waals surface area contributed by atoms with Gasteiger partial charge in [0, 0.05) is 46.6 Å². The third-order valence-corrected chi connectivity index (χ3v) is 14.1. The number of nitrogens with zero attached hydrogens (tertiary/aromatic N) is 3. The van der Waals surface area contributed by atoms with Crippen LogP contribution >= 0.6 is 12.4 Å². The van der Waals surface area contributed by atoms with Crippen LogP contribution in [0.15, 0.2) is 99.0 Å². The van der Waals surface area contributed by atoms with E-state index >= 15 is 0 Å². The summed E-state index contributed by atoms with van der Waals surface area (Å²) in [7, 11) is 0. The van der Waals surface area contributed by atoms with Crippen molar-refractivity contribution in [3.63, 3.8) is 0 Å². The lowest BCUT2D eigenvalue weighted by Gasteiger charge is -2.11. The van der Waals surface area contributed by atoms with Crippen LogP contribution in [-0.4, -0.2) is 44.7 Å². The Kier molecular flexibility index (Phi) is 26.4. The van der Waals surface area contributed by atoms with Gasteiger partial charge in [0.1, 0.15) is 12.1 Å². The molecular weight excluding hydrogens is 948 g/mol. The first kappa shape index (κ1) is 61.5. The summed E-state index contributed by atoms with van der Waals surface area (Å²) in [6.07, 6.45) is 31.2. The van der Waals surface area contributed by atoms with Gasteiger partial charge in [-0.1, -0.05) is 141 Å². The Bertz CT molecular complexity index is 2650. The second-order valence-electron chi connectivity index (χ2n) is 19.3. The Morgan fingerprint density at radius 1 is 0.608 bits per heavy atom. The Balaban J connectivity index is 0.000000411. The van der Waals surface area contributed by atoms with Crippen molar-refractivity contribution in [2.45, 2.75) is 183 Å². The Labute approximate surface area is 446 Å². The van der Waals surface area contributed by atoms with Gasteiger partial charge in [-0.25, -0.2) is 4.99 Å². The molecule has 396 valence electrons. The molecule has 0 saturated heterocycles. The number of carboxylic acids is 2. The summed E-state index contributed by atoms with van der Waals surface area (Å²) >= 11 is 0. The van der Waals surface area contributed by atoms with Crippen LogP contribution in [0.4, 0.5) is 0 Å². The molecule has 0 bridgehead atoms. The normalized spacial score (nSPS) is 15.7. The molecule has 5 rings (SSSR count). The van der Waals surface area contributed by atoms with E-state index in [1.165, 1.54) is 96.0 Å². The SMILES string of the molecule is C=CC1=C(C)/C(=C/C2=NC(=C\c3[nH]c(/C=C4\NC(=O)C(C)=C4C=C)c(C)c3CCC(=O)O)/C(CCC(=O)O)=C2C)NC1=O.CCCCCCCCCCc1ccc(CCCCCCCCCC)c(C#N)c1C#N.Cl. The molecule has 4 heterocycles. The lowest BCUT2D eigenvalue weighted by Crippen LogP contribution is -2.16. The minimum absolute atomic E-state index is 0. The number of nitriles is 2. The van der Waals surface area contributed by atoms with Crippen LogP contribution in [0, 0.1) is 29.6 Å². The maximum Gasteiger partial charge on any atom is 0.303 e. The van der Waals surface area contributed by atoms with Gasteiger partial charge in [0.15, 0.2) is 0 Å². The summed E-state index contributed by atoms with van der Waals surface area (Å²) < 4.78 is 0. The summed E-state index contributed by atoms with van der Waals surface area (Å²) in [5, 5.41) is 43.9. The van der Waals surface area contributed by atoms with Crippen LogP contribution in [0.2, 0.25) is 0 Å². The number of aliphatic carboxylic acids is 2. The summed E-state index contributed by atoms with van der Waals surface area (Å²) in [6.45, 7) is 19.3. The number of aliphatic imine (C=N–C) groups is 1. The van der Waals surface area contributed by atoms with Crippen LogP contribution < -0.4 is 10.6 Å². The number of aryl methyl sites for hydroxylation is 2. The number of hydrogen-bond acceptors (Lipinski definition) is 7. The highest BCUT2D eigenvalue weighted by Gasteiger charge is 2.27. The number of carbonyl (C=O) groups excluding carboxylic acids is 2. The smallest absolute Gasteiger partial charge is 0.303 e. The van der Waals surface area contributed by atoms with Crippen molar-refractivity contribution in [3.8, 4) is 12.1 Å². The third-order valence-electron chi connectivity index (χ3n) is 14.1. The fourth-order valence-corrected chi connectivity index (χ4v) is 9.59. The highest BCUT2D eigenvalue weighted by atomic mass is 35.5. The number of carbonyl (C=O) groups is 4. The van der Waals surface area contributed by atoms with Crippen molar-refractivity contribution >= 4 is 54.0 Å². The standard InChI is InChI=1S/C33H34N4O6.C28H44N2.ClH/c1-7-20-19(6)32(42)37-27(20)14-25-18(5)23(10-12-31(40)41)29(35-25)15-28-22(9-11-30(38)39)17(4)24(34-28)13-26-16(3)21(8-2)33(43)36-26;1-3-5-7-9-11-13-15-17-19-25-21-22-26(28(24-30)27(25)23-29)20-18-16-14-12-10-8-6-4-2;/h7-8,13-15,35H,1-2,9-12H2,3-6H3,(H,36,43)(H,37,42)(H,38,39)(H,40,41);21-22H,3-20H2,1-2H3;1H/b26-13-,27-14-,28-15-;;. The summed E-state index contributed by atoms with van der Waals surface area (Å²) in [6, 6.07) is 8.90. The Hall–Kier alpha value is -6.76. The lowest BCUT2D eigenvalue weighted by molar-refractivity contribution is -0.138. The molecule has 2 aromatic rings. The molecule has 1 aromatic carbocycles. The molecule has 3 aliphatic heterocycles. The highest BCUT2D eigenvalue weighted by molar-refractivity contribution is 6.14. The Morgan fingerprint density at radius 2 is 1.09 bits per heavy atom. The van der Waals surface area contributed by atoms with Crippen LogP contribution in [0.1, 0.15) is 201 Å². The first-order valence-electron chi connectivity index (χ1n) is 26.5. The molecule has 12 nitrogen and oxygen atoms in total. The Morgan fingerprint density at radius 3 is 1.57 bits per heavy atom. The number of amides is 2. The zero-order chi connectivity index (χ0) is 53.5. The fraction of sp³-hybridized carbons (Fsp3) is 0.459. The van der Waals surface area contributed by atoms with E-state index in [1.807, 2.05) is 20.8 Å². The minimum Gasteiger partial charge on any atom is -0.481 e. The predicted molar refractivity (Wildman–Crippen MR) is 300 cm³/mol. The van der Waals surface area contributed by atoms with Crippen LogP contribution in [-0.2, 0) is 38.4 Å². The molecule has 0 radical (unpaired) electrons. The van der Waals surface area contributed by atoms with Crippen LogP contribution in [0.25, 0.3) is 12.2 Å². The van der Waals surface area contributed by atoms with Gasteiger partial charge in [-0.3, -0.25) is 19.2 Å². The number of aromatic amines is 1. The molecule has 13 heteroatoms. The number of aromatic nitrogens is 1. The predicted octanol–water partition coefficient (Wildman–Crippen LogP) is 14.0. The van der Waals surface area contributed by atoms with Crippen LogP contribution in [0.3, 0.4) is 0 Å². The molecule has 0 saturated carbocycles. The van der Waals surface area contributed by atoms with Crippen molar-refractivity contribution < 1.29 is 29.4 Å². The van der Waals surface area contributed by atoms with E-state index in [9.17, 15) is 39.9 Å². The molecule has 3 aliphatic rings. The van der Waals surface area contributed by atoms with Crippen molar-refractivity contribution in [1.29, 1.82) is 10.5 Å². The number of rotatable bonds is 29. The summed E-state index contributed by atoms with van der Waals surface area (Å²) in [4.78, 5) is 55.8. The number of allylic oxidation sites excluding steroid dienone is 5. The van der Waals surface area contributed by atoms with E-state index < -0.39 is 11.9 Å². The van der Waals surface area contributed by atoms with Crippen molar-refractivity contribution in [2.75, 3.05) is 0 Å². The average molecular weight is 1030 g/mol. The number of halogens is 1. The number of hydrogen-bond donors (Lipinski definition) is 5. The van der Waals surface area contributed by atoms with E-state index in [0.29, 0.717) is 62.0 Å². The topological polar surface area (TPSA) is 209 Å². The van der Waals surface area contributed by atoms with Gasteiger partial charge in [-0.05, 0) is 123 Å². The van der Waals surface area contributed by atoms with Gasteiger partial charge in [-0.15, -0.1) is 12.4 Å². The second kappa shape index (κ2) is 31.7. The van der Waals surface area contributed by atoms with Crippen molar-refractivity contribution in [1.82, 2.24) is 15.6 Å².